The fraction of sp³-hybridized carbons (Fsp3) is 0.579. The summed E-state index contributed by atoms with van der Waals surface area (Å²) in [6, 6.07) is 3.36. The SMILES string of the molecule is COc1cc2nn(C3CCC(NC(=O)OC(C)(C)C)CC3)cc2cc1[N+](=O)[O-]. The monoisotopic (exact) mass is 390 g/mol. The van der Waals surface area contributed by atoms with Crippen molar-refractivity contribution in [1.29, 1.82) is 0 Å². The maximum Gasteiger partial charge on any atom is 0.407 e. The van der Waals surface area contributed by atoms with Crippen molar-refractivity contribution in [3.8, 4) is 5.75 Å². The van der Waals surface area contributed by atoms with Crippen LogP contribution < -0.4 is 10.1 Å². The van der Waals surface area contributed by atoms with Gasteiger partial charge in [0.05, 0.1) is 23.6 Å². The lowest BCUT2D eigenvalue weighted by molar-refractivity contribution is -0.385. The maximum atomic E-state index is 11.9. The van der Waals surface area contributed by atoms with Gasteiger partial charge >= 0.3 is 11.8 Å². The molecule has 0 aliphatic heterocycles. The number of nitrogens with zero attached hydrogens (tertiary/aromatic N) is 3. The molecule has 3 rings (SSSR count). The molecule has 0 spiro atoms. The second-order valence-electron chi connectivity index (χ2n) is 8.10. The zero-order valence-electron chi connectivity index (χ0n) is 16.6. The first kappa shape index (κ1) is 19.9. The van der Waals surface area contributed by atoms with Gasteiger partial charge in [-0.25, -0.2) is 4.79 Å². The number of nitro groups is 1. The van der Waals surface area contributed by atoms with E-state index in [4.69, 9.17) is 9.47 Å². The molecule has 2 aromatic rings. The van der Waals surface area contributed by atoms with E-state index >= 15 is 0 Å². The van der Waals surface area contributed by atoms with Gasteiger partial charge in [0, 0.05) is 29.8 Å². The Kier molecular flexibility index (Phi) is 5.44. The maximum absolute atomic E-state index is 11.9. The number of hydrogen-bond donors (Lipinski definition) is 1. The Labute approximate surface area is 163 Å². The minimum absolute atomic E-state index is 0.0696. The fourth-order valence-electron chi connectivity index (χ4n) is 3.51. The second kappa shape index (κ2) is 7.65. The first-order valence-corrected chi connectivity index (χ1v) is 9.37. The molecule has 1 N–H and O–H groups in total. The molecule has 0 unspecified atom stereocenters. The normalized spacial score (nSPS) is 20.0. The number of carbonyl (C=O) groups excluding carboxylic acids is 1. The van der Waals surface area contributed by atoms with Gasteiger partial charge in [0.25, 0.3) is 0 Å². The van der Waals surface area contributed by atoms with Crippen molar-refractivity contribution in [3.63, 3.8) is 0 Å². The van der Waals surface area contributed by atoms with E-state index in [0.29, 0.717) is 10.9 Å². The predicted molar refractivity (Wildman–Crippen MR) is 104 cm³/mol. The summed E-state index contributed by atoms with van der Waals surface area (Å²) in [5.74, 6) is 0.202. The molecule has 1 heterocycles. The minimum Gasteiger partial charge on any atom is -0.490 e. The van der Waals surface area contributed by atoms with Crippen LogP contribution in [0.3, 0.4) is 0 Å². The third-order valence-corrected chi connectivity index (χ3v) is 4.81. The number of benzene rings is 1. The van der Waals surface area contributed by atoms with E-state index < -0.39 is 10.5 Å². The lowest BCUT2D eigenvalue weighted by Gasteiger charge is -2.30. The summed E-state index contributed by atoms with van der Waals surface area (Å²) in [5.41, 5.74) is 0.0800. The number of fused-ring (bicyclic) bond motifs is 1. The molecular formula is C19H26N4O5. The quantitative estimate of drug-likeness (QED) is 0.625. The van der Waals surface area contributed by atoms with Crippen LogP contribution in [0.1, 0.15) is 52.5 Å². The topological polar surface area (TPSA) is 109 Å². The van der Waals surface area contributed by atoms with Gasteiger partial charge in [-0.3, -0.25) is 14.8 Å². The van der Waals surface area contributed by atoms with Gasteiger partial charge in [-0.15, -0.1) is 0 Å². The minimum atomic E-state index is -0.514. The molecule has 1 aliphatic rings. The summed E-state index contributed by atoms with van der Waals surface area (Å²) < 4.78 is 12.3. The molecule has 152 valence electrons. The Morgan fingerprint density at radius 2 is 1.96 bits per heavy atom. The predicted octanol–water partition coefficient (Wildman–Crippen LogP) is 3.96. The van der Waals surface area contributed by atoms with E-state index in [1.54, 1.807) is 6.07 Å². The van der Waals surface area contributed by atoms with E-state index in [9.17, 15) is 14.9 Å². The Balaban J connectivity index is 1.66. The first-order valence-electron chi connectivity index (χ1n) is 9.37. The number of rotatable bonds is 4. The summed E-state index contributed by atoms with van der Waals surface area (Å²) in [6.45, 7) is 5.52. The molecule has 0 atom stereocenters. The molecule has 1 amide bonds. The third kappa shape index (κ3) is 4.52. The Morgan fingerprint density at radius 1 is 1.29 bits per heavy atom. The largest absolute Gasteiger partial charge is 0.490 e. The van der Waals surface area contributed by atoms with Gasteiger partial charge in [0.2, 0.25) is 0 Å². The number of alkyl carbamates (subject to hydrolysis) is 1. The number of amides is 1. The van der Waals surface area contributed by atoms with E-state index in [1.165, 1.54) is 13.2 Å². The highest BCUT2D eigenvalue weighted by Gasteiger charge is 2.26. The highest BCUT2D eigenvalue weighted by atomic mass is 16.6. The first-order chi connectivity index (χ1) is 13.2. The molecule has 0 radical (unpaired) electrons. The molecule has 1 aliphatic carbocycles. The Hall–Kier alpha value is -2.84. The van der Waals surface area contributed by atoms with Gasteiger partial charge in [-0.2, -0.15) is 5.10 Å². The summed E-state index contributed by atoms with van der Waals surface area (Å²) in [7, 11) is 1.41. The van der Waals surface area contributed by atoms with Crippen molar-refractivity contribution in [2.45, 2.75) is 64.1 Å². The van der Waals surface area contributed by atoms with Crippen molar-refractivity contribution in [1.82, 2.24) is 15.1 Å². The number of aromatic nitrogens is 2. The van der Waals surface area contributed by atoms with Gasteiger partial charge in [0.15, 0.2) is 5.75 Å². The number of hydrogen-bond acceptors (Lipinski definition) is 6. The molecule has 0 bridgehead atoms. The number of carbonyl (C=O) groups is 1. The number of methoxy groups -OCH3 is 1. The molecule has 1 aromatic carbocycles. The Morgan fingerprint density at radius 3 is 2.54 bits per heavy atom. The van der Waals surface area contributed by atoms with Crippen LogP contribution in [-0.2, 0) is 4.74 Å². The van der Waals surface area contributed by atoms with Crippen molar-refractivity contribution in [2.24, 2.45) is 0 Å². The Bertz CT molecular complexity index is 878. The fourth-order valence-corrected chi connectivity index (χ4v) is 3.51. The molecule has 1 fully saturated rings. The van der Waals surface area contributed by atoms with Crippen LogP contribution >= 0.6 is 0 Å². The highest BCUT2D eigenvalue weighted by molar-refractivity contribution is 5.83. The summed E-state index contributed by atoms with van der Waals surface area (Å²) in [5, 5.41) is 19.4. The van der Waals surface area contributed by atoms with Crippen molar-refractivity contribution < 1.29 is 19.2 Å². The highest BCUT2D eigenvalue weighted by Crippen LogP contribution is 2.34. The van der Waals surface area contributed by atoms with Gasteiger partial charge in [-0.05, 0) is 46.5 Å². The molecule has 9 heteroatoms. The summed E-state index contributed by atoms with van der Waals surface area (Å²) in [6.07, 6.45) is 4.81. The van der Waals surface area contributed by atoms with Gasteiger partial charge in [0.1, 0.15) is 5.60 Å². The second-order valence-corrected chi connectivity index (χ2v) is 8.10. The standard InChI is InChI=1S/C19H26N4O5/c1-19(2,3)28-18(24)20-13-5-7-14(8-6-13)22-11-12-9-16(23(25)26)17(27-4)10-15(12)21-22/h9-11,13-14H,5-8H2,1-4H3,(H,20,24). The van der Waals surface area contributed by atoms with E-state index in [0.717, 1.165) is 25.7 Å². The number of nitro benzene ring substituents is 1. The van der Waals surface area contributed by atoms with Crippen LogP contribution in [0.4, 0.5) is 10.5 Å². The zero-order valence-corrected chi connectivity index (χ0v) is 16.6. The smallest absolute Gasteiger partial charge is 0.407 e. The molecule has 1 saturated carbocycles. The van der Waals surface area contributed by atoms with Crippen molar-refractivity contribution in [2.75, 3.05) is 7.11 Å². The van der Waals surface area contributed by atoms with E-state index in [1.807, 2.05) is 31.6 Å². The van der Waals surface area contributed by atoms with Gasteiger partial charge < -0.3 is 14.8 Å². The third-order valence-electron chi connectivity index (χ3n) is 4.81. The zero-order chi connectivity index (χ0) is 20.5. The molecular weight excluding hydrogens is 364 g/mol. The van der Waals surface area contributed by atoms with Crippen molar-refractivity contribution in [3.05, 3.63) is 28.4 Å². The molecule has 9 nitrogen and oxygen atoms in total. The lowest BCUT2D eigenvalue weighted by atomic mass is 9.91. The average molecular weight is 390 g/mol. The van der Waals surface area contributed by atoms with E-state index in [2.05, 4.69) is 10.4 Å². The number of ether oxygens (including phenoxy) is 2. The van der Waals surface area contributed by atoms with Crippen molar-refractivity contribution >= 4 is 22.7 Å². The summed E-state index contributed by atoms with van der Waals surface area (Å²) >= 11 is 0. The van der Waals surface area contributed by atoms with Crippen LogP contribution in [0.5, 0.6) is 5.75 Å². The van der Waals surface area contributed by atoms with Crippen LogP contribution in [-0.4, -0.2) is 39.5 Å². The van der Waals surface area contributed by atoms with Crippen LogP contribution in [0.15, 0.2) is 18.3 Å². The average Bonchev–Trinajstić information content (AvgIpc) is 3.02. The molecule has 0 saturated heterocycles. The molecule has 28 heavy (non-hydrogen) atoms. The van der Waals surface area contributed by atoms with Crippen LogP contribution in [0.25, 0.3) is 10.9 Å². The van der Waals surface area contributed by atoms with Crippen LogP contribution in [0.2, 0.25) is 0 Å². The molecule has 1 aromatic heterocycles. The number of nitrogens with one attached hydrogen (secondary N) is 1. The lowest BCUT2D eigenvalue weighted by Crippen LogP contribution is -2.41. The summed E-state index contributed by atoms with van der Waals surface area (Å²) in [4.78, 5) is 22.7. The van der Waals surface area contributed by atoms with E-state index in [-0.39, 0.29) is 29.6 Å². The van der Waals surface area contributed by atoms with Crippen LogP contribution in [0, 0.1) is 10.1 Å². The van der Waals surface area contributed by atoms with Gasteiger partial charge in [-0.1, -0.05) is 0 Å².